The highest BCUT2D eigenvalue weighted by Crippen LogP contribution is 2.13. The van der Waals surface area contributed by atoms with Crippen LogP contribution >= 0.6 is 15.9 Å². The van der Waals surface area contributed by atoms with Gasteiger partial charge in [-0.1, -0.05) is 28.1 Å². The van der Waals surface area contributed by atoms with E-state index in [0.29, 0.717) is 6.42 Å². The first kappa shape index (κ1) is 15.0. The van der Waals surface area contributed by atoms with Crippen molar-refractivity contribution in [2.24, 2.45) is 0 Å². The van der Waals surface area contributed by atoms with Crippen LogP contribution in [0.4, 0.5) is 0 Å². The summed E-state index contributed by atoms with van der Waals surface area (Å²) in [6, 6.07) is 8.07. The lowest BCUT2D eigenvalue weighted by Crippen LogP contribution is -2.36. The van der Waals surface area contributed by atoms with E-state index in [9.17, 15) is 4.79 Å². The van der Waals surface area contributed by atoms with Crippen LogP contribution in [-0.4, -0.2) is 36.3 Å². The number of hydrogen-bond acceptors (Lipinski definition) is 2. The average molecular weight is 314 g/mol. The second-order valence-electron chi connectivity index (χ2n) is 4.36. The summed E-state index contributed by atoms with van der Waals surface area (Å²) < 4.78 is 5.10. The van der Waals surface area contributed by atoms with Crippen molar-refractivity contribution in [2.45, 2.75) is 25.8 Å². The Labute approximate surface area is 117 Å². The van der Waals surface area contributed by atoms with E-state index in [-0.39, 0.29) is 11.9 Å². The first-order valence-electron chi connectivity index (χ1n) is 6.03. The van der Waals surface area contributed by atoms with Gasteiger partial charge in [0.2, 0.25) is 5.91 Å². The molecule has 18 heavy (non-hydrogen) atoms. The van der Waals surface area contributed by atoms with Gasteiger partial charge >= 0.3 is 0 Å². The van der Waals surface area contributed by atoms with Crippen molar-refractivity contribution in [3.05, 3.63) is 29.8 Å². The lowest BCUT2D eigenvalue weighted by molar-refractivity contribution is -0.131. The molecule has 0 aromatic heterocycles. The smallest absolute Gasteiger partial charge is 0.222 e. The Morgan fingerprint density at radius 2 is 2.00 bits per heavy atom. The number of alkyl halides is 1. The predicted octanol–water partition coefficient (Wildman–Crippen LogP) is 2.87. The van der Waals surface area contributed by atoms with Crippen LogP contribution in [0.15, 0.2) is 24.3 Å². The second-order valence-corrected chi connectivity index (χ2v) is 5.00. The van der Waals surface area contributed by atoms with Crippen LogP contribution in [0.1, 0.15) is 18.9 Å². The molecule has 0 radical (unpaired) electrons. The van der Waals surface area contributed by atoms with Crippen molar-refractivity contribution in [1.29, 1.82) is 0 Å². The third kappa shape index (κ3) is 4.33. The van der Waals surface area contributed by atoms with E-state index in [0.717, 1.165) is 23.1 Å². The summed E-state index contributed by atoms with van der Waals surface area (Å²) >= 11 is 3.39. The molecule has 3 nitrogen and oxygen atoms in total. The molecule has 1 unspecified atom stereocenters. The highest BCUT2D eigenvalue weighted by molar-refractivity contribution is 9.09. The van der Waals surface area contributed by atoms with Gasteiger partial charge in [-0.15, -0.1) is 0 Å². The molecule has 1 aromatic carbocycles. The van der Waals surface area contributed by atoms with Crippen LogP contribution in [0.3, 0.4) is 0 Å². The minimum atomic E-state index is 0.178. The number of halogens is 1. The highest BCUT2D eigenvalue weighted by Gasteiger charge is 2.14. The third-order valence-electron chi connectivity index (χ3n) is 3.06. The van der Waals surface area contributed by atoms with Crippen molar-refractivity contribution in [1.82, 2.24) is 4.90 Å². The molecule has 1 rings (SSSR count). The molecule has 0 fully saturated rings. The maximum Gasteiger partial charge on any atom is 0.222 e. The lowest BCUT2D eigenvalue weighted by Gasteiger charge is -2.23. The SMILES string of the molecule is COc1ccc(CCC(=O)N(C)C(C)CBr)cc1. The number of rotatable bonds is 6. The summed E-state index contributed by atoms with van der Waals surface area (Å²) in [6.07, 6.45) is 1.31. The van der Waals surface area contributed by atoms with E-state index in [1.54, 1.807) is 12.0 Å². The Morgan fingerprint density at radius 1 is 1.39 bits per heavy atom. The number of methoxy groups -OCH3 is 1. The van der Waals surface area contributed by atoms with Crippen molar-refractivity contribution in [3.8, 4) is 5.75 Å². The summed E-state index contributed by atoms with van der Waals surface area (Å²) in [5.74, 6) is 1.02. The minimum absolute atomic E-state index is 0.178. The molecule has 0 aliphatic carbocycles. The normalized spacial score (nSPS) is 12.0. The number of carbonyl (C=O) groups is 1. The van der Waals surface area contributed by atoms with Gasteiger partial charge in [-0.2, -0.15) is 0 Å². The van der Waals surface area contributed by atoms with Gasteiger partial charge in [0, 0.05) is 24.8 Å². The molecule has 0 bridgehead atoms. The highest BCUT2D eigenvalue weighted by atomic mass is 79.9. The van der Waals surface area contributed by atoms with E-state index < -0.39 is 0 Å². The monoisotopic (exact) mass is 313 g/mol. The van der Waals surface area contributed by atoms with Crippen molar-refractivity contribution < 1.29 is 9.53 Å². The zero-order chi connectivity index (χ0) is 13.5. The van der Waals surface area contributed by atoms with Crippen LogP contribution in [0.2, 0.25) is 0 Å². The first-order valence-corrected chi connectivity index (χ1v) is 7.15. The Bertz CT molecular complexity index is 378. The molecular formula is C14H20BrNO2. The minimum Gasteiger partial charge on any atom is -0.497 e. The summed E-state index contributed by atoms with van der Waals surface area (Å²) in [5.41, 5.74) is 1.16. The summed E-state index contributed by atoms with van der Waals surface area (Å²) in [7, 11) is 3.50. The van der Waals surface area contributed by atoms with E-state index in [1.165, 1.54) is 0 Å². The topological polar surface area (TPSA) is 29.5 Å². The molecule has 1 amide bonds. The molecule has 0 aliphatic rings. The fraction of sp³-hybridized carbons (Fsp3) is 0.500. The summed E-state index contributed by atoms with van der Waals surface area (Å²) in [5, 5.41) is 0.803. The standard InChI is InChI=1S/C14H20BrNO2/c1-11(10-15)16(2)14(17)9-6-12-4-7-13(18-3)8-5-12/h4-5,7-8,11H,6,9-10H2,1-3H3. The number of aryl methyl sites for hydroxylation is 1. The lowest BCUT2D eigenvalue weighted by atomic mass is 10.1. The van der Waals surface area contributed by atoms with Crippen molar-refractivity contribution >= 4 is 21.8 Å². The van der Waals surface area contributed by atoms with Gasteiger partial charge in [0.05, 0.1) is 7.11 Å². The number of amides is 1. The number of hydrogen-bond donors (Lipinski definition) is 0. The van der Waals surface area contributed by atoms with Crippen LogP contribution in [0.5, 0.6) is 5.75 Å². The van der Waals surface area contributed by atoms with Crippen LogP contribution in [-0.2, 0) is 11.2 Å². The van der Waals surface area contributed by atoms with Gasteiger partial charge in [0.25, 0.3) is 0 Å². The summed E-state index contributed by atoms with van der Waals surface area (Å²) in [4.78, 5) is 13.7. The first-order chi connectivity index (χ1) is 8.58. The molecule has 0 spiro atoms. The van der Waals surface area contributed by atoms with E-state index in [1.807, 2.05) is 38.2 Å². The quantitative estimate of drug-likeness (QED) is 0.756. The Morgan fingerprint density at radius 3 is 2.50 bits per heavy atom. The fourth-order valence-corrected chi connectivity index (χ4v) is 2.00. The van der Waals surface area contributed by atoms with Gasteiger partial charge in [-0.3, -0.25) is 4.79 Å². The number of carbonyl (C=O) groups excluding carboxylic acids is 1. The van der Waals surface area contributed by atoms with Gasteiger partial charge < -0.3 is 9.64 Å². The van der Waals surface area contributed by atoms with Crippen molar-refractivity contribution in [2.75, 3.05) is 19.5 Å². The van der Waals surface area contributed by atoms with E-state index >= 15 is 0 Å². The third-order valence-corrected chi connectivity index (χ3v) is 4.00. The molecule has 100 valence electrons. The zero-order valence-electron chi connectivity index (χ0n) is 11.1. The largest absolute Gasteiger partial charge is 0.497 e. The van der Waals surface area contributed by atoms with E-state index in [4.69, 9.17) is 4.74 Å². The van der Waals surface area contributed by atoms with Crippen molar-refractivity contribution in [3.63, 3.8) is 0 Å². The second kappa shape index (κ2) is 7.41. The molecule has 4 heteroatoms. The molecule has 0 saturated carbocycles. The maximum absolute atomic E-state index is 11.9. The van der Waals surface area contributed by atoms with Gasteiger partial charge in [0.1, 0.15) is 5.75 Å². The Hall–Kier alpha value is -1.03. The summed E-state index contributed by atoms with van der Waals surface area (Å²) in [6.45, 7) is 2.03. The van der Waals surface area contributed by atoms with Gasteiger partial charge in [-0.05, 0) is 31.0 Å². The zero-order valence-corrected chi connectivity index (χ0v) is 12.7. The molecule has 1 aromatic rings. The average Bonchev–Trinajstić information content (AvgIpc) is 2.43. The fourth-order valence-electron chi connectivity index (χ4n) is 1.57. The van der Waals surface area contributed by atoms with Crippen LogP contribution < -0.4 is 4.74 Å². The molecular weight excluding hydrogens is 294 g/mol. The Kier molecular flexibility index (Phi) is 6.19. The molecule has 0 N–H and O–H groups in total. The van der Waals surface area contributed by atoms with E-state index in [2.05, 4.69) is 15.9 Å². The van der Waals surface area contributed by atoms with Crippen LogP contribution in [0, 0.1) is 0 Å². The van der Waals surface area contributed by atoms with Crippen LogP contribution in [0.25, 0.3) is 0 Å². The molecule has 0 heterocycles. The molecule has 0 saturated heterocycles. The Balaban J connectivity index is 2.46. The predicted molar refractivity (Wildman–Crippen MR) is 77.3 cm³/mol. The number of ether oxygens (including phenoxy) is 1. The van der Waals surface area contributed by atoms with Gasteiger partial charge in [-0.25, -0.2) is 0 Å². The number of nitrogens with zero attached hydrogens (tertiary/aromatic N) is 1. The van der Waals surface area contributed by atoms with Gasteiger partial charge in [0.15, 0.2) is 0 Å². The maximum atomic E-state index is 11.9. The molecule has 0 aliphatic heterocycles. The number of benzene rings is 1. The molecule has 1 atom stereocenters.